The van der Waals surface area contributed by atoms with Gasteiger partial charge in [0.15, 0.2) is 0 Å². The van der Waals surface area contributed by atoms with Crippen LogP contribution in [0.25, 0.3) is 0 Å². The van der Waals surface area contributed by atoms with Gasteiger partial charge >= 0.3 is 5.97 Å². The maximum atomic E-state index is 14.1. The minimum atomic E-state index is -0.238. The molecule has 1 amide bonds. The van der Waals surface area contributed by atoms with E-state index in [0.717, 1.165) is 77.8 Å². The van der Waals surface area contributed by atoms with Gasteiger partial charge in [0.2, 0.25) is 5.91 Å². The summed E-state index contributed by atoms with van der Waals surface area (Å²) in [6, 6.07) is -0.238. The summed E-state index contributed by atoms with van der Waals surface area (Å²) >= 11 is 0. The van der Waals surface area contributed by atoms with Gasteiger partial charge in [0, 0.05) is 32.8 Å². The molecule has 9 heteroatoms. The predicted octanol–water partition coefficient (Wildman–Crippen LogP) is 13.1. The summed E-state index contributed by atoms with van der Waals surface area (Å²) in [6.07, 6.45) is 40.0. The van der Waals surface area contributed by atoms with E-state index in [9.17, 15) is 9.59 Å². The Morgan fingerprint density at radius 2 is 1.03 bits per heavy atom. The van der Waals surface area contributed by atoms with Crippen molar-refractivity contribution in [1.82, 2.24) is 25.3 Å². The average Bonchev–Trinajstić information content (AvgIpc) is 3.30. The first-order chi connectivity index (χ1) is 31.4. The fraction of sp³-hybridized carbons (Fsp3) is 0.964. The largest absolute Gasteiger partial charge is 0.465 e. The van der Waals surface area contributed by atoms with Gasteiger partial charge in [-0.2, -0.15) is 0 Å². The van der Waals surface area contributed by atoms with Crippen molar-refractivity contribution in [2.45, 2.75) is 259 Å². The number of esters is 1. The normalized spacial score (nSPS) is 15.4. The van der Waals surface area contributed by atoms with Crippen LogP contribution in [0.15, 0.2) is 0 Å². The van der Waals surface area contributed by atoms with Crippen molar-refractivity contribution in [3.8, 4) is 0 Å². The molecular formula is C55H111N5O4. The minimum Gasteiger partial charge on any atom is -0.465 e. The van der Waals surface area contributed by atoms with Gasteiger partial charge in [0.05, 0.1) is 19.7 Å². The third-order valence-corrected chi connectivity index (χ3v) is 13.6. The van der Waals surface area contributed by atoms with Gasteiger partial charge in [0.25, 0.3) is 0 Å². The molecule has 2 N–H and O–H groups in total. The van der Waals surface area contributed by atoms with Gasteiger partial charge in [-0.3, -0.25) is 19.8 Å². The topological polar surface area (TPSA) is 86.4 Å². The summed E-state index contributed by atoms with van der Waals surface area (Å²) in [6.45, 7) is 23.4. The first-order valence-electron chi connectivity index (χ1n) is 28.4. The van der Waals surface area contributed by atoms with Gasteiger partial charge in [-0.1, -0.05) is 202 Å². The molecule has 0 saturated carbocycles. The third kappa shape index (κ3) is 35.0. The van der Waals surface area contributed by atoms with Crippen LogP contribution in [0.4, 0.5) is 0 Å². The Kier molecular flexibility index (Phi) is 43.2. The van der Waals surface area contributed by atoms with Crippen molar-refractivity contribution in [3.63, 3.8) is 0 Å². The predicted molar refractivity (Wildman–Crippen MR) is 275 cm³/mol. The third-order valence-electron chi connectivity index (χ3n) is 13.6. The molecule has 64 heavy (non-hydrogen) atoms. The zero-order valence-corrected chi connectivity index (χ0v) is 43.8. The zero-order valence-electron chi connectivity index (χ0n) is 43.8. The Balaban J connectivity index is 2.87. The Morgan fingerprint density at radius 1 is 0.547 bits per heavy atom. The summed E-state index contributed by atoms with van der Waals surface area (Å²) < 4.78 is 12.1. The van der Waals surface area contributed by atoms with Gasteiger partial charge in [-0.15, -0.1) is 0 Å². The Hall–Kier alpha value is -1.26. The van der Waals surface area contributed by atoms with Crippen LogP contribution in [0.1, 0.15) is 247 Å². The second kappa shape index (κ2) is 45.5. The van der Waals surface area contributed by atoms with Crippen LogP contribution < -0.4 is 10.6 Å². The van der Waals surface area contributed by atoms with Crippen molar-refractivity contribution in [2.24, 2.45) is 5.92 Å². The van der Waals surface area contributed by atoms with Crippen LogP contribution in [-0.4, -0.2) is 118 Å². The van der Waals surface area contributed by atoms with Crippen molar-refractivity contribution >= 4 is 11.9 Å². The highest BCUT2D eigenvalue weighted by Gasteiger charge is 2.26. The summed E-state index contributed by atoms with van der Waals surface area (Å²) in [5.74, 6) is 0.586. The minimum absolute atomic E-state index is 0.102. The van der Waals surface area contributed by atoms with E-state index < -0.39 is 0 Å². The quantitative estimate of drug-likeness (QED) is 0.0461. The van der Waals surface area contributed by atoms with Gasteiger partial charge < -0.3 is 24.6 Å². The van der Waals surface area contributed by atoms with E-state index in [4.69, 9.17) is 9.47 Å². The number of carbonyl (C=O) groups excluding carboxylic acids is 2. The Morgan fingerprint density at radius 3 is 1.56 bits per heavy atom. The molecule has 9 nitrogen and oxygen atoms in total. The highest BCUT2D eigenvalue weighted by molar-refractivity contribution is 5.78. The molecule has 3 unspecified atom stereocenters. The van der Waals surface area contributed by atoms with Crippen LogP contribution in [0.3, 0.4) is 0 Å². The van der Waals surface area contributed by atoms with E-state index >= 15 is 0 Å². The number of nitrogens with one attached hydrogen (secondary N) is 2. The molecule has 3 atom stereocenters. The molecule has 1 aliphatic heterocycles. The molecule has 1 rings (SSSR count). The fourth-order valence-corrected chi connectivity index (χ4v) is 9.20. The molecule has 0 aromatic rings. The Labute approximate surface area is 398 Å². The van der Waals surface area contributed by atoms with Crippen LogP contribution in [-0.2, 0) is 19.1 Å². The summed E-state index contributed by atoms with van der Waals surface area (Å²) in [5.41, 5.74) is 0. The fourth-order valence-electron chi connectivity index (χ4n) is 9.20. The standard InChI is InChI=1S/C55H111N5O4/c1-7-13-18-22-25-29-33-40-58(41-34-30-26-23-19-14-8-2)44-45-59(42-35-31-27-24-20-15-9-3)50-54(61)60-43-39-56-53(49-60)63-47-38-51(36-32-28-21-16-10-4)48-57-52(37-17-11-5)55(62)64-46-12-6/h51-53,56-57H,7-50H2,1-6H3. The van der Waals surface area contributed by atoms with Gasteiger partial charge in [0.1, 0.15) is 12.3 Å². The second-order valence-electron chi connectivity index (χ2n) is 19.8. The number of piperazine rings is 1. The van der Waals surface area contributed by atoms with E-state index in [-0.39, 0.29) is 24.1 Å². The molecule has 1 fully saturated rings. The molecular weight excluding hydrogens is 795 g/mol. The summed E-state index contributed by atoms with van der Waals surface area (Å²) in [5, 5.41) is 7.20. The monoisotopic (exact) mass is 906 g/mol. The molecule has 0 aromatic carbocycles. The van der Waals surface area contributed by atoms with Crippen molar-refractivity contribution in [2.75, 3.05) is 78.7 Å². The lowest BCUT2D eigenvalue weighted by Gasteiger charge is -2.35. The van der Waals surface area contributed by atoms with Crippen molar-refractivity contribution in [3.05, 3.63) is 0 Å². The average molecular weight is 907 g/mol. The first-order valence-corrected chi connectivity index (χ1v) is 28.4. The van der Waals surface area contributed by atoms with Crippen LogP contribution in [0.2, 0.25) is 0 Å². The van der Waals surface area contributed by atoms with Crippen molar-refractivity contribution < 1.29 is 19.1 Å². The molecule has 0 spiro atoms. The molecule has 380 valence electrons. The number of ether oxygens (including phenoxy) is 2. The smallest absolute Gasteiger partial charge is 0.323 e. The van der Waals surface area contributed by atoms with Crippen molar-refractivity contribution in [1.29, 1.82) is 0 Å². The number of hydrogen-bond acceptors (Lipinski definition) is 8. The van der Waals surface area contributed by atoms with Crippen LogP contribution in [0, 0.1) is 5.92 Å². The first kappa shape index (κ1) is 60.8. The van der Waals surface area contributed by atoms with E-state index in [1.165, 1.54) is 180 Å². The highest BCUT2D eigenvalue weighted by Crippen LogP contribution is 2.18. The number of carbonyl (C=O) groups is 2. The molecule has 1 heterocycles. The second-order valence-corrected chi connectivity index (χ2v) is 19.8. The van der Waals surface area contributed by atoms with E-state index in [2.05, 4.69) is 60.0 Å². The summed E-state index contributed by atoms with van der Waals surface area (Å²) in [4.78, 5) is 34.3. The molecule has 1 saturated heterocycles. The number of rotatable bonds is 48. The molecule has 0 bridgehead atoms. The molecule has 0 aliphatic carbocycles. The molecule has 1 aliphatic rings. The van der Waals surface area contributed by atoms with Crippen LogP contribution in [0.5, 0.6) is 0 Å². The number of unbranched alkanes of at least 4 members (excludes halogenated alkanes) is 23. The number of hydrogen-bond donors (Lipinski definition) is 2. The maximum absolute atomic E-state index is 14.1. The van der Waals surface area contributed by atoms with Gasteiger partial charge in [-0.25, -0.2) is 0 Å². The number of amides is 1. The lowest BCUT2D eigenvalue weighted by atomic mass is 9.96. The lowest BCUT2D eigenvalue weighted by molar-refractivity contribution is -0.146. The van der Waals surface area contributed by atoms with Gasteiger partial charge in [-0.05, 0) is 77.0 Å². The van der Waals surface area contributed by atoms with Crippen LogP contribution >= 0.6 is 0 Å². The molecule has 0 aromatic heterocycles. The number of nitrogens with zero attached hydrogens (tertiary/aromatic N) is 3. The van der Waals surface area contributed by atoms with E-state index in [1.54, 1.807) is 0 Å². The zero-order chi connectivity index (χ0) is 46.6. The SMILES string of the molecule is CCCCCCCCCN(CCCCCCCCC)CCN(CCCCCCCCC)CC(=O)N1CCNC(OCCC(CCCCCCC)CNC(CCCC)C(=O)OCCC)C1. The Bertz CT molecular complexity index is 1000. The van der Waals surface area contributed by atoms with E-state index in [0.29, 0.717) is 32.2 Å². The molecule has 0 radical (unpaired) electrons. The lowest BCUT2D eigenvalue weighted by Crippen LogP contribution is -2.55. The highest BCUT2D eigenvalue weighted by atomic mass is 16.5. The maximum Gasteiger partial charge on any atom is 0.323 e. The van der Waals surface area contributed by atoms with E-state index in [1.807, 2.05) is 6.92 Å². The summed E-state index contributed by atoms with van der Waals surface area (Å²) in [7, 11) is 0.